The van der Waals surface area contributed by atoms with Gasteiger partial charge in [-0.3, -0.25) is 4.79 Å². The molecule has 9 heteroatoms. The number of imidazole rings is 1. The summed E-state index contributed by atoms with van der Waals surface area (Å²) in [6.45, 7) is 0.669. The molecule has 0 bridgehead atoms. The fourth-order valence-corrected chi connectivity index (χ4v) is 4.79. The van der Waals surface area contributed by atoms with Crippen molar-refractivity contribution in [1.82, 2.24) is 13.7 Å². The summed E-state index contributed by atoms with van der Waals surface area (Å²) < 4.78 is 33.1. The van der Waals surface area contributed by atoms with Crippen molar-refractivity contribution in [2.24, 2.45) is 0 Å². The monoisotopic (exact) mass is 428 g/mol. The van der Waals surface area contributed by atoms with Crippen molar-refractivity contribution in [2.45, 2.75) is 31.9 Å². The molecule has 158 valence electrons. The third-order valence-electron chi connectivity index (χ3n) is 5.08. The zero-order valence-corrected chi connectivity index (χ0v) is 17.5. The number of amides is 1. The molecule has 0 radical (unpaired) electrons. The van der Waals surface area contributed by atoms with Gasteiger partial charge >= 0.3 is 0 Å². The number of carbonyl (C=O) groups is 1. The minimum absolute atomic E-state index is 0.295. The average Bonchev–Trinajstić information content (AvgIpc) is 3.15. The van der Waals surface area contributed by atoms with Crippen LogP contribution < -0.4 is 10.1 Å². The molecule has 1 aromatic carbocycles. The second-order valence-corrected chi connectivity index (χ2v) is 9.32. The normalized spacial score (nSPS) is 17.7. The first-order valence-corrected chi connectivity index (χ1v) is 11.7. The molecule has 1 fully saturated rings. The van der Waals surface area contributed by atoms with Gasteiger partial charge in [-0.15, -0.1) is 0 Å². The number of nitrogens with zero attached hydrogens (tertiary/aromatic N) is 3. The molecule has 0 aliphatic carbocycles. The quantitative estimate of drug-likeness (QED) is 0.652. The molecular weight excluding hydrogens is 404 g/mol. The van der Waals surface area contributed by atoms with Gasteiger partial charge < -0.3 is 14.5 Å². The lowest BCUT2D eigenvalue weighted by atomic mass is 10.0. The van der Waals surface area contributed by atoms with Crippen molar-refractivity contribution in [3.05, 3.63) is 60.6 Å². The van der Waals surface area contributed by atoms with Crippen LogP contribution >= 0.6 is 0 Å². The number of nitrogens with one attached hydrogen (secondary N) is 1. The third-order valence-corrected chi connectivity index (χ3v) is 6.37. The summed E-state index contributed by atoms with van der Waals surface area (Å²) in [5, 5.41) is 2.83. The zero-order valence-electron chi connectivity index (χ0n) is 16.7. The standard InChI is InChI=1S/C21H24N4O4S/c1-30(27,28)25-12-5-2-9-19(25)21(26)23-16-7-6-8-18(13-16)29-15-17-14-24-11-4-3-10-20(24)22-17/h3-4,6-8,10-11,13-14,19H,2,5,9,12,15H2,1H3,(H,23,26). The smallest absolute Gasteiger partial charge is 0.242 e. The Morgan fingerprint density at radius 2 is 2.10 bits per heavy atom. The summed E-state index contributed by atoms with van der Waals surface area (Å²) in [6.07, 6.45) is 7.09. The van der Waals surface area contributed by atoms with Gasteiger partial charge in [-0.2, -0.15) is 4.31 Å². The lowest BCUT2D eigenvalue weighted by molar-refractivity contribution is -0.120. The number of rotatable bonds is 6. The van der Waals surface area contributed by atoms with Gasteiger partial charge in [0.1, 0.15) is 24.0 Å². The first kappa shape index (κ1) is 20.4. The number of aromatic nitrogens is 2. The highest BCUT2D eigenvalue weighted by molar-refractivity contribution is 7.88. The van der Waals surface area contributed by atoms with Crippen LogP contribution in [0, 0.1) is 0 Å². The van der Waals surface area contributed by atoms with Gasteiger partial charge in [0.15, 0.2) is 0 Å². The van der Waals surface area contributed by atoms with Crippen LogP contribution in [0.3, 0.4) is 0 Å². The molecule has 4 rings (SSSR count). The largest absolute Gasteiger partial charge is 0.487 e. The molecule has 1 aliphatic heterocycles. The highest BCUT2D eigenvalue weighted by Crippen LogP contribution is 2.23. The molecule has 2 aromatic heterocycles. The van der Waals surface area contributed by atoms with E-state index in [0.29, 0.717) is 31.0 Å². The van der Waals surface area contributed by atoms with Gasteiger partial charge in [0.2, 0.25) is 15.9 Å². The zero-order chi connectivity index (χ0) is 21.1. The van der Waals surface area contributed by atoms with E-state index in [-0.39, 0.29) is 5.91 Å². The number of pyridine rings is 1. The van der Waals surface area contributed by atoms with Crippen LogP contribution in [0.1, 0.15) is 25.0 Å². The summed E-state index contributed by atoms with van der Waals surface area (Å²) in [6, 6.07) is 12.2. The molecule has 1 aliphatic rings. The molecule has 0 saturated carbocycles. The Balaban J connectivity index is 1.42. The number of anilines is 1. The number of piperidine rings is 1. The maximum atomic E-state index is 12.7. The van der Waals surface area contributed by atoms with Crippen LogP contribution in [0.15, 0.2) is 54.9 Å². The van der Waals surface area contributed by atoms with Gasteiger partial charge in [-0.1, -0.05) is 18.6 Å². The molecule has 30 heavy (non-hydrogen) atoms. The van der Waals surface area contributed by atoms with Crippen LogP contribution in [0.2, 0.25) is 0 Å². The van der Waals surface area contributed by atoms with E-state index in [0.717, 1.165) is 30.4 Å². The Labute approximate surface area is 175 Å². The van der Waals surface area contributed by atoms with E-state index in [1.54, 1.807) is 24.3 Å². The fraction of sp³-hybridized carbons (Fsp3) is 0.333. The van der Waals surface area contributed by atoms with Crippen molar-refractivity contribution in [3.8, 4) is 5.75 Å². The number of benzene rings is 1. The van der Waals surface area contributed by atoms with E-state index in [1.807, 2.05) is 35.0 Å². The predicted octanol–water partition coefficient (Wildman–Crippen LogP) is 2.67. The van der Waals surface area contributed by atoms with Crippen molar-refractivity contribution < 1.29 is 17.9 Å². The SMILES string of the molecule is CS(=O)(=O)N1CCCCC1C(=O)Nc1cccc(OCc2cn3ccccc3n2)c1. The van der Waals surface area contributed by atoms with Crippen molar-refractivity contribution >= 4 is 27.3 Å². The van der Waals surface area contributed by atoms with E-state index in [1.165, 1.54) is 4.31 Å². The number of carbonyl (C=O) groups excluding carboxylic acids is 1. The first-order valence-electron chi connectivity index (χ1n) is 9.83. The summed E-state index contributed by atoms with van der Waals surface area (Å²) in [5.74, 6) is 0.270. The Morgan fingerprint density at radius 1 is 1.23 bits per heavy atom. The number of hydrogen-bond donors (Lipinski definition) is 1. The maximum absolute atomic E-state index is 12.7. The Kier molecular flexibility index (Phi) is 5.74. The number of ether oxygens (including phenoxy) is 1. The van der Waals surface area contributed by atoms with Crippen LogP contribution in [0.4, 0.5) is 5.69 Å². The van der Waals surface area contributed by atoms with E-state index < -0.39 is 16.1 Å². The number of sulfonamides is 1. The molecule has 3 heterocycles. The summed E-state index contributed by atoms with van der Waals surface area (Å²) >= 11 is 0. The number of fused-ring (bicyclic) bond motifs is 1. The third kappa shape index (κ3) is 4.63. The van der Waals surface area contributed by atoms with Crippen LogP contribution in [0.5, 0.6) is 5.75 Å². The molecule has 1 atom stereocenters. The van der Waals surface area contributed by atoms with Gasteiger partial charge in [0.25, 0.3) is 0 Å². The lowest BCUT2D eigenvalue weighted by Gasteiger charge is -2.32. The van der Waals surface area contributed by atoms with Gasteiger partial charge in [0.05, 0.1) is 11.9 Å². The van der Waals surface area contributed by atoms with Gasteiger partial charge in [-0.05, 0) is 37.1 Å². The topological polar surface area (TPSA) is 93.0 Å². The molecule has 8 nitrogen and oxygen atoms in total. The van der Waals surface area contributed by atoms with E-state index in [2.05, 4.69) is 10.3 Å². The van der Waals surface area contributed by atoms with Crippen LogP contribution in [-0.4, -0.2) is 46.9 Å². The second-order valence-electron chi connectivity index (χ2n) is 7.39. The molecule has 0 spiro atoms. The minimum atomic E-state index is -3.43. The summed E-state index contributed by atoms with van der Waals surface area (Å²) in [5.41, 5.74) is 2.20. The minimum Gasteiger partial charge on any atom is -0.487 e. The molecule has 1 unspecified atom stereocenters. The lowest BCUT2D eigenvalue weighted by Crippen LogP contribution is -2.49. The van der Waals surface area contributed by atoms with Gasteiger partial charge in [-0.25, -0.2) is 13.4 Å². The second kappa shape index (κ2) is 8.45. The highest BCUT2D eigenvalue weighted by Gasteiger charge is 2.34. The van der Waals surface area contributed by atoms with Gasteiger partial charge in [0, 0.05) is 30.7 Å². The van der Waals surface area contributed by atoms with E-state index in [4.69, 9.17) is 4.74 Å². The summed E-state index contributed by atoms with van der Waals surface area (Å²) in [4.78, 5) is 17.2. The van der Waals surface area contributed by atoms with E-state index in [9.17, 15) is 13.2 Å². The highest BCUT2D eigenvalue weighted by atomic mass is 32.2. The van der Waals surface area contributed by atoms with Crippen molar-refractivity contribution in [1.29, 1.82) is 0 Å². The molecular formula is C21H24N4O4S. The Morgan fingerprint density at radius 3 is 2.90 bits per heavy atom. The van der Waals surface area contributed by atoms with Crippen LogP contribution in [-0.2, 0) is 21.4 Å². The fourth-order valence-electron chi connectivity index (χ4n) is 3.67. The molecule has 3 aromatic rings. The Bertz CT molecular complexity index is 1130. The predicted molar refractivity (Wildman–Crippen MR) is 114 cm³/mol. The maximum Gasteiger partial charge on any atom is 0.242 e. The van der Waals surface area contributed by atoms with Crippen molar-refractivity contribution in [3.63, 3.8) is 0 Å². The molecule has 1 N–H and O–H groups in total. The average molecular weight is 429 g/mol. The first-order chi connectivity index (χ1) is 14.4. The van der Waals surface area contributed by atoms with E-state index >= 15 is 0 Å². The Hall–Kier alpha value is -2.91. The van der Waals surface area contributed by atoms with Crippen molar-refractivity contribution in [2.75, 3.05) is 18.1 Å². The number of hydrogen-bond acceptors (Lipinski definition) is 5. The molecule has 1 amide bonds. The van der Waals surface area contributed by atoms with Crippen LogP contribution in [0.25, 0.3) is 5.65 Å². The summed E-state index contributed by atoms with van der Waals surface area (Å²) in [7, 11) is -3.43. The molecule has 1 saturated heterocycles.